The van der Waals surface area contributed by atoms with E-state index in [9.17, 15) is 45.5 Å². The molecule has 4 amide bonds. The molecule has 0 N–H and O–H groups in total. The van der Waals surface area contributed by atoms with E-state index < -0.39 is 297 Å². The normalized spacial score (nSPS) is 12.8. The Labute approximate surface area is 601 Å². The number of hydrogen-bond donors (Lipinski definition) is 0. The van der Waals surface area contributed by atoms with Crippen LogP contribution in [0.1, 0.15) is 41.4 Å². The number of amides is 4. The molecule has 0 saturated carbocycles. The van der Waals surface area contributed by atoms with Gasteiger partial charge in [0.15, 0.2) is 105 Å². The largest absolute Gasteiger partial charge is 0.413 e. The minimum absolute atomic E-state index is 0.0924. The zero-order valence-corrected chi connectivity index (χ0v) is 53.8. The topological polar surface area (TPSA) is 82.5 Å². The van der Waals surface area contributed by atoms with Crippen LogP contribution in [0.2, 0.25) is 0 Å². The van der Waals surface area contributed by atoms with E-state index in [1.54, 1.807) is 0 Å². The lowest BCUT2D eigenvalue weighted by atomic mass is 9.23. The van der Waals surface area contributed by atoms with Gasteiger partial charge in [-0.15, -0.1) is 0 Å². The van der Waals surface area contributed by atoms with Crippen molar-refractivity contribution in [1.82, 2.24) is 0 Å². The van der Waals surface area contributed by atoms with Gasteiger partial charge in [0.1, 0.15) is 106 Å². The van der Waals surface area contributed by atoms with Crippen LogP contribution in [0.25, 0.3) is 10.8 Å². The number of pyridine rings is 2. The lowest BCUT2D eigenvalue weighted by Gasteiger charge is -2.38. The van der Waals surface area contributed by atoms with Gasteiger partial charge in [-0.2, -0.15) is 0 Å². The van der Waals surface area contributed by atoms with Crippen molar-refractivity contribution in [3.05, 3.63) is 343 Å². The third-order valence-electron chi connectivity index (χ3n) is 18.2. The number of anilines is 2. The van der Waals surface area contributed by atoms with Crippen molar-refractivity contribution in [2.75, 3.05) is 9.80 Å². The molecular weight excluding hydrogens is 1580 g/mol. The molecule has 572 valence electrons. The van der Waals surface area contributed by atoms with Crippen LogP contribution in [-0.4, -0.2) is 36.2 Å². The molecule has 112 heavy (non-hydrogen) atoms. The number of nitrogens with zero attached hydrogens (tertiary/aromatic N) is 4. The molecule has 12 aromatic rings. The number of imide groups is 2. The number of rotatable bonds is 10. The summed E-state index contributed by atoms with van der Waals surface area (Å²) in [6, 6.07) is 27.2. The monoisotopic (exact) mass is 1600 g/mol. The first-order valence-electron chi connectivity index (χ1n) is 30.7. The van der Waals surface area contributed by atoms with Crippen molar-refractivity contribution >= 4 is 91.1 Å². The van der Waals surface area contributed by atoms with Gasteiger partial charge in [0, 0.05) is 33.0 Å². The van der Waals surface area contributed by atoms with Gasteiger partial charge < -0.3 is 8.96 Å². The third-order valence-corrected chi connectivity index (χ3v) is 18.2. The Morgan fingerprint density at radius 3 is 0.491 bits per heavy atom. The van der Waals surface area contributed by atoms with Gasteiger partial charge in [-0.1, -0.05) is 72.8 Å². The summed E-state index contributed by atoms with van der Waals surface area (Å²) < 4.78 is 472. The van der Waals surface area contributed by atoms with Gasteiger partial charge in [0.25, 0.3) is 23.6 Å². The Balaban J connectivity index is 0.000000886. The minimum atomic E-state index is -6.65. The molecule has 0 radical (unpaired) electrons. The highest BCUT2D eigenvalue weighted by Gasteiger charge is 2.60. The smallest absolute Gasteiger partial charge is 0.377 e. The molecule has 0 saturated heterocycles. The maximum Gasteiger partial charge on any atom is 0.377 e. The maximum atomic E-state index is 16.6. The summed E-state index contributed by atoms with van der Waals surface area (Å²) >= 11 is 0. The lowest BCUT2D eigenvalue weighted by Crippen LogP contribution is -2.88. The quantitative estimate of drug-likeness (QED) is 0.0449. The van der Waals surface area contributed by atoms with E-state index in [2.05, 4.69) is 0 Å². The second-order valence-electron chi connectivity index (χ2n) is 23.8. The van der Waals surface area contributed by atoms with Gasteiger partial charge in [-0.05, 0) is 81.3 Å². The zero-order chi connectivity index (χ0) is 82.0. The molecule has 0 aliphatic carbocycles. The predicted octanol–water partition coefficient (Wildman–Crippen LogP) is 13.6. The maximum absolute atomic E-state index is 16.6. The highest BCUT2D eigenvalue weighted by atomic mass is 19.2. The molecule has 0 bridgehead atoms. The van der Waals surface area contributed by atoms with Gasteiger partial charge >= 0.3 is 12.6 Å². The van der Waals surface area contributed by atoms with Crippen LogP contribution in [0.3, 0.4) is 0 Å². The van der Waals surface area contributed by atoms with Crippen LogP contribution in [0.5, 0.6) is 0 Å². The average Bonchev–Trinajstić information content (AvgIpc) is 0.708. The standard InChI is InChI=1S/C60H12B2F30N4O4.2C6H6/c63-27-21(28(64)40(76)51(87)39(27)75)61(22-29(65)41(77)52(88)42(78)30(22)66,23-31(67)43(79)53(89)44(80)32(23)68)93-9-1-3-13(11-93)95-57(97)15-5-7-17-20-18(8-6-16(19(15)20)58(95)98)60(100)96(59(17)99)14-4-2-10-94(12-14)62(24-33(69)45(81)54(90)46(82)34(24)70,25-35(71)47(83)55(91)48(84)36(25)72)26-37(73)49(85)56(92)50(86)38(26)74;2*1-2-4-6-5-3-1/h1-12H;2*1-6H. The Hall–Kier alpha value is -12.9. The minimum Gasteiger partial charge on any atom is -0.413 e. The molecule has 2 aliphatic rings. The van der Waals surface area contributed by atoms with Crippen LogP contribution in [-0.2, 0) is 0 Å². The van der Waals surface area contributed by atoms with Crippen molar-refractivity contribution in [2.24, 2.45) is 0 Å². The van der Waals surface area contributed by atoms with Crippen LogP contribution in [0.4, 0.5) is 143 Å². The van der Waals surface area contributed by atoms with Crippen LogP contribution < -0.4 is 51.5 Å². The molecule has 0 spiro atoms. The zero-order valence-electron chi connectivity index (χ0n) is 53.8. The molecule has 4 heterocycles. The van der Waals surface area contributed by atoms with Gasteiger partial charge in [-0.25, -0.2) is 142 Å². The lowest BCUT2D eigenvalue weighted by molar-refractivity contribution is -0.539. The number of carbonyl (C=O) groups is 4. The van der Waals surface area contributed by atoms with Crippen LogP contribution >= 0.6 is 0 Å². The summed E-state index contributed by atoms with van der Waals surface area (Å²) in [5, 5.41) is -1.80. The van der Waals surface area contributed by atoms with Crippen molar-refractivity contribution in [2.45, 2.75) is 0 Å². The molecule has 0 fully saturated rings. The van der Waals surface area contributed by atoms with E-state index in [0.29, 0.717) is 36.4 Å². The molecule has 14 rings (SSSR count). The molecule has 2 aliphatic heterocycles. The molecule has 0 atom stereocenters. The summed E-state index contributed by atoms with van der Waals surface area (Å²) in [7, 11) is 0. The number of benzene rings is 10. The van der Waals surface area contributed by atoms with Crippen molar-refractivity contribution < 1.29 is 160 Å². The molecule has 8 nitrogen and oxygen atoms in total. The van der Waals surface area contributed by atoms with Gasteiger partial charge in [0.05, 0.1) is 0 Å². The van der Waals surface area contributed by atoms with Gasteiger partial charge in [-0.3, -0.25) is 19.2 Å². The summed E-state index contributed by atoms with van der Waals surface area (Å²) in [4.78, 5) is 58.9. The summed E-state index contributed by atoms with van der Waals surface area (Å²) in [6.45, 7) is 0. The van der Waals surface area contributed by atoms with E-state index in [4.69, 9.17) is 0 Å². The van der Waals surface area contributed by atoms with Gasteiger partial charge in [0.2, 0.25) is 0 Å². The molecule has 10 aromatic carbocycles. The molecule has 40 heteroatoms. The highest BCUT2D eigenvalue weighted by molar-refractivity contribution is 7.06. The Kier molecular flexibility index (Phi) is 20.2. The van der Waals surface area contributed by atoms with Crippen molar-refractivity contribution in [3.8, 4) is 0 Å². The van der Waals surface area contributed by atoms with E-state index in [1.165, 1.54) is 0 Å². The number of aromatic nitrogens is 2. The fourth-order valence-corrected chi connectivity index (χ4v) is 13.5. The van der Waals surface area contributed by atoms with Crippen LogP contribution in [0, 0.1) is 175 Å². The second kappa shape index (κ2) is 28.8. The summed E-state index contributed by atoms with van der Waals surface area (Å²) in [5.41, 5.74) is -26.0. The fourth-order valence-electron chi connectivity index (χ4n) is 13.5. The Morgan fingerprint density at radius 1 is 0.196 bits per heavy atom. The second-order valence-corrected chi connectivity index (χ2v) is 23.8. The molecular formula is C72H24B2F30N4O4. The van der Waals surface area contributed by atoms with Crippen LogP contribution in [0.15, 0.2) is 146 Å². The first-order chi connectivity index (χ1) is 52.8. The predicted molar refractivity (Wildman–Crippen MR) is 330 cm³/mol. The fraction of sp³-hybridized carbons (Fsp3) is 0. The molecule has 2 aromatic heterocycles. The first kappa shape index (κ1) is 78.6. The number of halogens is 30. The van der Waals surface area contributed by atoms with Crippen molar-refractivity contribution in [1.29, 1.82) is 0 Å². The third kappa shape index (κ3) is 11.3. The SMILES string of the molecule is O=C1c2ccc3c4c(ccc(c24)C(=O)N1c1ccc[n+]([B-](c2c(F)c(F)c(F)c(F)c2F)(c2c(F)c(F)c(F)c(F)c2F)c2c(F)c(F)c(F)c(F)c2F)c1)C(=O)N(c1ccc[n+]([B-](c2c(F)c(F)c(F)c(F)c2F)(c2c(F)c(F)c(F)c(F)c2F)c2c(F)c(F)c(F)c(F)c2F)c1)C3=O.c1ccccc1.c1ccccc1. The Bertz CT molecular complexity index is 5120. The van der Waals surface area contributed by atoms with E-state index in [-0.39, 0.29) is 46.7 Å². The number of carbonyl (C=O) groups excluding carboxylic acids is 4. The van der Waals surface area contributed by atoms with E-state index in [0.717, 1.165) is 0 Å². The highest BCUT2D eigenvalue weighted by Crippen LogP contribution is 2.41. The summed E-state index contributed by atoms with van der Waals surface area (Å²) in [5.74, 6) is -110. The van der Waals surface area contributed by atoms with E-state index in [1.807, 2.05) is 72.8 Å². The molecule has 0 unspecified atom stereocenters. The summed E-state index contributed by atoms with van der Waals surface area (Å²) in [6.07, 6.45) is -14.0. The first-order valence-corrected chi connectivity index (χ1v) is 30.7. The van der Waals surface area contributed by atoms with Crippen molar-refractivity contribution in [3.63, 3.8) is 0 Å². The van der Waals surface area contributed by atoms with E-state index >= 15 is 105 Å². The number of hydrogen-bond acceptors (Lipinski definition) is 4. The average molecular weight is 1600 g/mol. The Morgan fingerprint density at radius 2 is 0.339 bits per heavy atom.